The van der Waals surface area contributed by atoms with Crippen molar-refractivity contribution in [3.8, 4) is 0 Å². The molecular weight excluding hydrogens is 298 g/mol. The lowest BCUT2D eigenvalue weighted by Gasteiger charge is -2.46. The van der Waals surface area contributed by atoms with Gasteiger partial charge in [-0.3, -0.25) is 0 Å². The fraction of sp³-hybridized carbons (Fsp3) is 0.650. The molecule has 2 amide bonds. The van der Waals surface area contributed by atoms with E-state index in [2.05, 4.69) is 69.6 Å². The molecule has 1 aliphatic rings. The van der Waals surface area contributed by atoms with Gasteiger partial charge in [0.05, 0.1) is 6.04 Å². The minimum Gasteiger partial charge on any atom is -0.335 e. The van der Waals surface area contributed by atoms with E-state index in [1.54, 1.807) is 0 Å². The zero-order valence-electron chi connectivity index (χ0n) is 15.9. The molecule has 1 saturated heterocycles. The average Bonchev–Trinajstić information content (AvgIpc) is 2.41. The molecule has 4 heteroatoms. The van der Waals surface area contributed by atoms with Crippen molar-refractivity contribution in [2.45, 2.75) is 77.5 Å². The van der Waals surface area contributed by atoms with Crippen LogP contribution in [0.4, 0.5) is 4.79 Å². The Bertz CT molecular complexity index is 535. The molecule has 1 aromatic rings. The van der Waals surface area contributed by atoms with Gasteiger partial charge in [-0.05, 0) is 52.0 Å². The lowest BCUT2D eigenvalue weighted by Crippen LogP contribution is -2.62. The number of carbonyl (C=O) groups is 1. The van der Waals surface area contributed by atoms with Gasteiger partial charge in [-0.1, -0.05) is 44.2 Å². The second kappa shape index (κ2) is 7.14. The van der Waals surface area contributed by atoms with E-state index < -0.39 is 0 Å². The fourth-order valence-electron chi connectivity index (χ4n) is 4.09. The summed E-state index contributed by atoms with van der Waals surface area (Å²) in [6, 6.07) is 10.3. The zero-order valence-corrected chi connectivity index (χ0v) is 15.9. The second-order valence-corrected chi connectivity index (χ2v) is 8.75. The zero-order chi connectivity index (χ0) is 18.0. The summed E-state index contributed by atoms with van der Waals surface area (Å²) < 4.78 is 0. The highest BCUT2D eigenvalue weighted by Crippen LogP contribution is 2.28. The Morgan fingerprint density at radius 3 is 2.12 bits per heavy atom. The second-order valence-electron chi connectivity index (χ2n) is 8.75. The number of amides is 2. The molecule has 1 aromatic carbocycles. The van der Waals surface area contributed by atoms with Crippen LogP contribution in [0.5, 0.6) is 0 Å². The van der Waals surface area contributed by atoms with Crippen LogP contribution in [0.2, 0.25) is 0 Å². The Labute approximate surface area is 146 Å². The van der Waals surface area contributed by atoms with Crippen molar-refractivity contribution in [1.82, 2.24) is 16.0 Å². The van der Waals surface area contributed by atoms with Gasteiger partial charge in [0.15, 0.2) is 0 Å². The van der Waals surface area contributed by atoms with Crippen LogP contribution in [0, 0.1) is 5.92 Å². The Hall–Kier alpha value is -1.55. The molecule has 1 aliphatic heterocycles. The van der Waals surface area contributed by atoms with E-state index in [9.17, 15) is 4.79 Å². The van der Waals surface area contributed by atoms with E-state index in [0.717, 1.165) is 18.4 Å². The largest absolute Gasteiger partial charge is 0.335 e. The van der Waals surface area contributed by atoms with Crippen LogP contribution in [0.15, 0.2) is 30.3 Å². The number of urea groups is 1. The standard InChI is InChI=1S/C20H33N3O/c1-14(2)17(15-10-8-7-9-11-15)22-18(24)21-16-12-19(3,4)23-20(5,6)13-16/h7-11,14,16-17,23H,12-13H2,1-6H3,(H2,21,22,24)/t17-/m0/s1. The number of carbonyl (C=O) groups excluding carboxylic acids is 1. The molecule has 1 heterocycles. The highest BCUT2D eigenvalue weighted by Gasteiger charge is 2.38. The summed E-state index contributed by atoms with van der Waals surface area (Å²) in [5, 5.41) is 10.0. The molecule has 2 rings (SSSR count). The minimum absolute atomic E-state index is 0.0222. The van der Waals surface area contributed by atoms with Gasteiger partial charge in [-0.25, -0.2) is 4.79 Å². The number of nitrogens with one attached hydrogen (secondary N) is 3. The van der Waals surface area contributed by atoms with Crippen molar-refractivity contribution in [3.05, 3.63) is 35.9 Å². The molecule has 0 unspecified atom stereocenters. The first-order chi connectivity index (χ1) is 11.1. The maximum Gasteiger partial charge on any atom is 0.315 e. The number of benzene rings is 1. The number of hydrogen-bond donors (Lipinski definition) is 3. The van der Waals surface area contributed by atoms with Gasteiger partial charge in [-0.2, -0.15) is 0 Å². The molecule has 4 nitrogen and oxygen atoms in total. The van der Waals surface area contributed by atoms with Crippen LogP contribution in [-0.2, 0) is 0 Å². The normalized spacial score (nSPS) is 21.3. The molecule has 1 atom stereocenters. The molecule has 0 radical (unpaired) electrons. The highest BCUT2D eigenvalue weighted by molar-refractivity contribution is 5.74. The predicted octanol–water partition coefficient (Wildman–Crippen LogP) is 3.99. The molecule has 0 aliphatic carbocycles. The number of hydrogen-bond acceptors (Lipinski definition) is 2. The van der Waals surface area contributed by atoms with E-state index in [0.29, 0.717) is 5.92 Å². The first-order valence-corrected chi connectivity index (χ1v) is 8.99. The molecule has 0 spiro atoms. The topological polar surface area (TPSA) is 53.2 Å². The van der Waals surface area contributed by atoms with Gasteiger partial charge in [0.1, 0.15) is 0 Å². The third-order valence-electron chi connectivity index (χ3n) is 4.64. The quantitative estimate of drug-likeness (QED) is 0.781. The first kappa shape index (κ1) is 18.8. The van der Waals surface area contributed by atoms with Crippen LogP contribution < -0.4 is 16.0 Å². The van der Waals surface area contributed by atoms with E-state index in [4.69, 9.17) is 0 Å². The summed E-state index contributed by atoms with van der Waals surface area (Å²) >= 11 is 0. The fourth-order valence-corrected chi connectivity index (χ4v) is 4.09. The predicted molar refractivity (Wildman–Crippen MR) is 100 cm³/mol. The number of rotatable bonds is 4. The summed E-state index contributed by atoms with van der Waals surface area (Å²) in [7, 11) is 0. The van der Waals surface area contributed by atoms with Crippen molar-refractivity contribution < 1.29 is 4.79 Å². The van der Waals surface area contributed by atoms with Crippen molar-refractivity contribution in [2.75, 3.05) is 0 Å². The van der Waals surface area contributed by atoms with E-state index in [1.165, 1.54) is 0 Å². The summed E-state index contributed by atoms with van der Waals surface area (Å²) in [5.41, 5.74) is 1.20. The minimum atomic E-state index is -0.0731. The van der Waals surface area contributed by atoms with Crippen molar-refractivity contribution >= 4 is 6.03 Å². The Morgan fingerprint density at radius 2 is 1.62 bits per heavy atom. The van der Waals surface area contributed by atoms with Crippen molar-refractivity contribution in [3.63, 3.8) is 0 Å². The van der Waals surface area contributed by atoms with Gasteiger partial charge in [0.2, 0.25) is 0 Å². The lowest BCUT2D eigenvalue weighted by atomic mass is 9.79. The molecule has 0 bridgehead atoms. The molecule has 134 valence electrons. The molecule has 24 heavy (non-hydrogen) atoms. The van der Waals surface area contributed by atoms with Crippen LogP contribution in [0.3, 0.4) is 0 Å². The van der Waals surface area contributed by atoms with Gasteiger partial charge >= 0.3 is 6.03 Å². The van der Waals surface area contributed by atoms with Crippen LogP contribution in [0.25, 0.3) is 0 Å². The van der Waals surface area contributed by atoms with Crippen LogP contribution in [-0.4, -0.2) is 23.2 Å². The van der Waals surface area contributed by atoms with Crippen molar-refractivity contribution in [2.24, 2.45) is 5.92 Å². The Balaban J connectivity index is 2.01. The van der Waals surface area contributed by atoms with Gasteiger partial charge in [0.25, 0.3) is 0 Å². The summed E-state index contributed by atoms with van der Waals surface area (Å²) in [6.07, 6.45) is 1.86. The molecule has 3 N–H and O–H groups in total. The Morgan fingerprint density at radius 1 is 1.08 bits per heavy atom. The number of piperidine rings is 1. The third-order valence-corrected chi connectivity index (χ3v) is 4.64. The summed E-state index contributed by atoms with van der Waals surface area (Å²) in [5.74, 6) is 0.332. The first-order valence-electron chi connectivity index (χ1n) is 8.99. The smallest absolute Gasteiger partial charge is 0.315 e. The molecular formula is C20H33N3O. The van der Waals surface area contributed by atoms with E-state index >= 15 is 0 Å². The van der Waals surface area contributed by atoms with Crippen molar-refractivity contribution in [1.29, 1.82) is 0 Å². The van der Waals surface area contributed by atoms with Crippen LogP contribution >= 0.6 is 0 Å². The van der Waals surface area contributed by atoms with E-state index in [-0.39, 0.29) is 29.2 Å². The average molecular weight is 332 g/mol. The van der Waals surface area contributed by atoms with Gasteiger partial charge in [0, 0.05) is 17.1 Å². The maximum atomic E-state index is 12.6. The summed E-state index contributed by atoms with van der Waals surface area (Å²) in [6.45, 7) is 13.1. The van der Waals surface area contributed by atoms with Gasteiger partial charge < -0.3 is 16.0 Å². The van der Waals surface area contributed by atoms with E-state index in [1.807, 2.05) is 18.2 Å². The molecule has 1 fully saturated rings. The maximum absolute atomic E-state index is 12.6. The monoisotopic (exact) mass is 331 g/mol. The Kier molecular flexibility index (Phi) is 5.59. The molecule has 0 aromatic heterocycles. The molecule has 0 saturated carbocycles. The van der Waals surface area contributed by atoms with Crippen LogP contribution in [0.1, 0.15) is 66.0 Å². The summed E-state index contributed by atoms with van der Waals surface area (Å²) in [4.78, 5) is 12.6. The third kappa shape index (κ3) is 5.23. The van der Waals surface area contributed by atoms with Gasteiger partial charge in [-0.15, -0.1) is 0 Å². The SMILES string of the molecule is CC(C)[C@H](NC(=O)NC1CC(C)(C)NC(C)(C)C1)c1ccccc1. The highest BCUT2D eigenvalue weighted by atomic mass is 16.2. The lowest BCUT2D eigenvalue weighted by molar-refractivity contribution is 0.146.